The lowest BCUT2D eigenvalue weighted by molar-refractivity contribution is 0.472. The molecule has 1 fully saturated rings. The Morgan fingerprint density at radius 3 is 2.88 bits per heavy atom. The van der Waals surface area contributed by atoms with Crippen molar-refractivity contribution in [2.45, 2.75) is 43.9 Å². The molecule has 2 rings (SSSR count). The van der Waals surface area contributed by atoms with E-state index in [0.29, 0.717) is 6.04 Å². The van der Waals surface area contributed by atoms with Crippen LogP contribution in [0.5, 0.6) is 0 Å². The fraction of sp³-hybridized carbons (Fsp3) is 0.643. The first-order valence-electron chi connectivity index (χ1n) is 6.64. The smallest absolute Gasteiger partial charge is 0.0270 e. The van der Waals surface area contributed by atoms with Crippen LogP contribution in [-0.2, 0) is 6.42 Å². The van der Waals surface area contributed by atoms with E-state index in [0.717, 1.165) is 18.2 Å². The van der Waals surface area contributed by atoms with E-state index in [2.05, 4.69) is 41.1 Å². The summed E-state index contributed by atoms with van der Waals surface area (Å²) in [5, 5.41) is 4.45. The molecule has 0 aromatic carbocycles. The Balaban J connectivity index is 1.96. The van der Waals surface area contributed by atoms with Crippen molar-refractivity contribution >= 4 is 11.8 Å². The van der Waals surface area contributed by atoms with Gasteiger partial charge in [-0.25, -0.2) is 0 Å². The van der Waals surface area contributed by atoms with E-state index in [1.54, 1.807) is 0 Å². The van der Waals surface area contributed by atoms with E-state index in [1.165, 1.54) is 30.6 Å². The van der Waals surface area contributed by atoms with Gasteiger partial charge in [-0.3, -0.25) is 4.98 Å². The van der Waals surface area contributed by atoms with Crippen LogP contribution in [0, 0.1) is 0 Å². The van der Waals surface area contributed by atoms with Crippen molar-refractivity contribution in [3.05, 3.63) is 30.1 Å². The zero-order valence-electron chi connectivity index (χ0n) is 10.6. The fourth-order valence-electron chi connectivity index (χ4n) is 2.45. The van der Waals surface area contributed by atoms with Crippen molar-refractivity contribution in [3.8, 4) is 0 Å². The van der Waals surface area contributed by atoms with Crippen molar-refractivity contribution in [2.75, 3.05) is 12.3 Å². The van der Waals surface area contributed by atoms with Crippen LogP contribution in [0.15, 0.2) is 24.5 Å². The Morgan fingerprint density at radius 1 is 1.41 bits per heavy atom. The number of rotatable bonds is 5. The van der Waals surface area contributed by atoms with Crippen molar-refractivity contribution < 1.29 is 0 Å². The fourth-order valence-corrected chi connectivity index (χ4v) is 3.88. The minimum Gasteiger partial charge on any atom is -0.313 e. The summed E-state index contributed by atoms with van der Waals surface area (Å²) in [6.45, 7) is 3.26. The van der Waals surface area contributed by atoms with Crippen molar-refractivity contribution in [1.82, 2.24) is 10.3 Å². The van der Waals surface area contributed by atoms with E-state index < -0.39 is 0 Å². The van der Waals surface area contributed by atoms with Crippen LogP contribution in [0.3, 0.4) is 0 Å². The molecule has 0 radical (unpaired) electrons. The Hall–Kier alpha value is -0.540. The molecule has 0 aliphatic carbocycles. The molecule has 1 saturated heterocycles. The van der Waals surface area contributed by atoms with E-state index in [-0.39, 0.29) is 0 Å². The van der Waals surface area contributed by atoms with Gasteiger partial charge in [0.05, 0.1) is 0 Å². The van der Waals surface area contributed by atoms with Gasteiger partial charge < -0.3 is 5.32 Å². The van der Waals surface area contributed by atoms with E-state index in [9.17, 15) is 0 Å². The number of aromatic nitrogens is 1. The minimum atomic E-state index is 0.618. The third-order valence-corrected chi connectivity index (χ3v) is 4.85. The number of hydrogen-bond acceptors (Lipinski definition) is 3. The van der Waals surface area contributed by atoms with Crippen molar-refractivity contribution in [3.63, 3.8) is 0 Å². The normalized spacial score (nSPS) is 22.3. The molecule has 17 heavy (non-hydrogen) atoms. The van der Waals surface area contributed by atoms with Gasteiger partial charge in [0, 0.05) is 23.7 Å². The molecule has 2 unspecified atom stereocenters. The van der Waals surface area contributed by atoms with Gasteiger partial charge in [-0.1, -0.05) is 13.3 Å². The molecule has 1 aliphatic heterocycles. The molecule has 3 heteroatoms. The number of thioether (sulfide) groups is 1. The molecule has 0 spiro atoms. The van der Waals surface area contributed by atoms with Crippen LogP contribution in [0.4, 0.5) is 0 Å². The summed E-state index contributed by atoms with van der Waals surface area (Å²) in [6, 6.07) is 4.89. The third kappa shape index (κ3) is 4.00. The zero-order chi connectivity index (χ0) is 11.9. The molecule has 2 heterocycles. The van der Waals surface area contributed by atoms with Crippen molar-refractivity contribution in [2.24, 2.45) is 0 Å². The highest BCUT2D eigenvalue weighted by molar-refractivity contribution is 8.00. The first-order chi connectivity index (χ1) is 8.40. The quantitative estimate of drug-likeness (QED) is 0.870. The highest BCUT2D eigenvalue weighted by Crippen LogP contribution is 2.28. The molecular weight excluding hydrogens is 228 g/mol. The second-order valence-corrected chi connectivity index (χ2v) is 5.98. The lowest BCUT2D eigenvalue weighted by Crippen LogP contribution is -2.41. The molecule has 0 amide bonds. The van der Waals surface area contributed by atoms with Crippen LogP contribution in [0.1, 0.15) is 31.7 Å². The lowest BCUT2D eigenvalue weighted by atomic mass is 10.00. The Bertz CT molecular complexity index is 309. The van der Waals surface area contributed by atoms with E-state index >= 15 is 0 Å². The number of pyridine rings is 1. The summed E-state index contributed by atoms with van der Waals surface area (Å²) < 4.78 is 0. The Labute approximate surface area is 109 Å². The summed E-state index contributed by atoms with van der Waals surface area (Å²) >= 11 is 2.15. The van der Waals surface area contributed by atoms with E-state index in [4.69, 9.17) is 0 Å². The molecule has 94 valence electrons. The molecular formula is C14H22N2S. The molecule has 1 aliphatic rings. The van der Waals surface area contributed by atoms with Crippen LogP contribution in [-0.4, -0.2) is 28.6 Å². The third-order valence-electron chi connectivity index (χ3n) is 3.33. The average molecular weight is 250 g/mol. The van der Waals surface area contributed by atoms with Gasteiger partial charge in [0.25, 0.3) is 0 Å². The molecule has 1 N–H and O–H groups in total. The van der Waals surface area contributed by atoms with Crippen LogP contribution in [0.2, 0.25) is 0 Å². The Kier molecular flexibility index (Phi) is 5.33. The van der Waals surface area contributed by atoms with Crippen molar-refractivity contribution in [1.29, 1.82) is 0 Å². The second-order valence-electron chi connectivity index (χ2n) is 4.63. The summed E-state index contributed by atoms with van der Waals surface area (Å²) in [6.07, 6.45) is 9.09. The monoisotopic (exact) mass is 250 g/mol. The summed E-state index contributed by atoms with van der Waals surface area (Å²) in [5.41, 5.74) is 1.40. The van der Waals surface area contributed by atoms with Gasteiger partial charge in [0.2, 0.25) is 0 Å². The summed E-state index contributed by atoms with van der Waals surface area (Å²) in [5.74, 6) is 1.34. The van der Waals surface area contributed by atoms with Gasteiger partial charge in [0.1, 0.15) is 0 Å². The Morgan fingerprint density at radius 2 is 2.24 bits per heavy atom. The standard InChI is InChI=1S/C14H22N2S/c1-2-16-13(14-5-3-4-10-17-14)11-12-6-8-15-9-7-12/h6-9,13-14,16H,2-5,10-11H2,1H3. The summed E-state index contributed by atoms with van der Waals surface area (Å²) in [7, 11) is 0. The molecule has 1 aromatic rings. The van der Waals surface area contributed by atoms with Crippen LogP contribution in [0.25, 0.3) is 0 Å². The zero-order valence-corrected chi connectivity index (χ0v) is 11.4. The van der Waals surface area contributed by atoms with E-state index in [1.807, 2.05) is 12.4 Å². The predicted molar refractivity (Wildman–Crippen MR) is 75.5 cm³/mol. The SMILES string of the molecule is CCNC(Cc1ccncc1)C1CCCCS1. The number of nitrogens with one attached hydrogen (secondary N) is 1. The van der Waals surface area contributed by atoms with Crippen LogP contribution >= 0.6 is 11.8 Å². The molecule has 0 saturated carbocycles. The van der Waals surface area contributed by atoms with Gasteiger partial charge >= 0.3 is 0 Å². The first-order valence-corrected chi connectivity index (χ1v) is 7.69. The highest BCUT2D eigenvalue weighted by atomic mass is 32.2. The number of hydrogen-bond donors (Lipinski definition) is 1. The molecule has 0 bridgehead atoms. The maximum Gasteiger partial charge on any atom is 0.0270 e. The predicted octanol–water partition coefficient (Wildman–Crippen LogP) is 2.89. The number of likely N-dealkylation sites (N-methyl/N-ethyl adjacent to an activating group) is 1. The van der Waals surface area contributed by atoms with Gasteiger partial charge in [-0.2, -0.15) is 11.8 Å². The molecule has 2 nitrogen and oxygen atoms in total. The van der Waals surface area contributed by atoms with Crippen LogP contribution < -0.4 is 5.32 Å². The van der Waals surface area contributed by atoms with Gasteiger partial charge in [0.15, 0.2) is 0 Å². The average Bonchev–Trinajstić information content (AvgIpc) is 2.40. The maximum absolute atomic E-state index is 4.09. The second kappa shape index (κ2) is 7.02. The molecule has 2 atom stereocenters. The topological polar surface area (TPSA) is 24.9 Å². The maximum atomic E-state index is 4.09. The van der Waals surface area contributed by atoms with Gasteiger partial charge in [-0.05, 0) is 49.3 Å². The lowest BCUT2D eigenvalue weighted by Gasteiger charge is -2.30. The van der Waals surface area contributed by atoms with Gasteiger partial charge in [-0.15, -0.1) is 0 Å². The number of nitrogens with zero attached hydrogens (tertiary/aromatic N) is 1. The minimum absolute atomic E-state index is 0.618. The summed E-state index contributed by atoms with van der Waals surface area (Å²) in [4.78, 5) is 4.09. The largest absolute Gasteiger partial charge is 0.313 e. The molecule has 1 aromatic heterocycles. The first kappa shape index (κ1) is 12.9. The highest BCUT2D eigenvalue weighted by Gasteiger charge is 2.23.